The van der Waals surface area contributed by atoms with E-state index in [4.69, 9.17) is 10.2 Å². The average Bonchev–Trinajstić information content (AvgIpc) is 2.12. The Hall–Kier alpha value is -1.10. The van der Waals surface area contributed by atoms with Crippen LogP contribution in [-0.2, 0) is 9.59 Å². The topological polar surface area (TPSA) is 86.6 Å². The van der Waals surface area contributed by atoms with Gasteiger partial charge in [-0.1, -0.05) is 13.8 Å². The van der Waals surface area contributed by atoms with Crippen molar-refractivity contribution in [2.24, 2.45) is 5.92 Å². The van der Waals surface area contributed by atoms with Crippen molar-refractivity contribution in [3.05, 3.63) is 0 Å². The number of carbonyl (C=O) groups is 2. The van der Waals surface area contributed by atoms with Gasteiger partial charge in [0.2, 0.25) is 5.91 Å². The van der Waals surface area contributed by atoms with E-state index in [1.807, 2.05) is 13.8 Å². The molecule has 1 atom stereocenters. The summed E-state index contributed by atoms with van der Waals surface area (Å²) in [5, 5.41) is 19.8. The molecule has 1 unspecified atom stereocenters. The van der Waals surface area contributed by atoms with Crippen LogP contribution in [0.5, 0.6) is 0 Å². The minimum absolute atomic E-state index is 0.0602. The van der Waals surface area contributed by atoms with Gasteiger partial charge in [0.05, 0.1) is 0 Å². The molecule has 0 aromatic carbocycles. The fourth-order valence-corrected chi connectivity index (χ4v) is 1.20. The number of hydrogen-bond acceptors (Lipinski definition) is 3. The number of carboxylic acids is 1. The van der Waals surface area contributed by atoms with Crippen LogP contribution in [0.2, 0.25) is 0 Å². The number of rotatable bonds is 7. The summed E-state index contributed by atoms with van der Waals surface area (Å²) in [6.45, 7) is 3.74. The highest BCUT2D eigenvalue weighted by atomic mass is 16.4. The third-order valence-corrected chi connectivity index (χ3v) is 1.90. The second kappa shape index (κ2) is 7.23. The molecule has 15 heavy (non-hydrogen) atoms. The molecule has 1 amide bonds. The molecule has 5 nitrogen and oxygen atoms in total. The maximum Gasteiger partial charge on any atom is 0.326 e. The van der Waals surface area contributed by atoms with Crippen molar-refractivity contribution >= 4 is 11.9 Å². The third kappa shape index (κ3) is 6.90. The summed E-state index contributed by atoms with van der Waals surface area (Å²) in [7, 11) is 0. The van der Waals surface area contributed by atoms with Gasteiger partial charge in [-0.25, -0.2) is 4.79 Å². The lowest BCUT2D eigenvalue weighted by molar-refractivity contribution is -0.142. The first-order chi connectivity index (χ1) is 6.97. The van der Waals surface area contributed by atoms with E-state index in [9.17, 15) is 9.59 Å². The molecule has 0 aromatic rings. The van der Waals surface area contributed by atoms with E-state index in [-0.39, 0.29) is 24.9 Å². The Kier molecular flexibility index (Phi) is 6.70. The van der Waals surface area contributed by atoms with Gasteiger partial charge in [-0.15, -0.1) is 0 Å². The molecule has 0 aliphatic heterocycles. The van der Waals surface area contributed by atoms with E-state index in [0.29, 0.717) is 12.8 Å². The molecule has 0 aromatic heterocycles. The first-order valence-electron chi connectivity index (χ1n) is 5.10. The lowest BCUT2D eigenvalue weighted by Gasteiger charge is -2.16. The van der Waals surface area contributed by atoms with Crippen LogP contribution in [0.4, 0.5) is 0 Å². The van der Waals surface area contributed by atoms with Crippen LogP contribution in [0.1, 0.15) is 33.1 Å². The Labute approximate surface area is 89.5 Å². The first kappa shape index (κ1) is 13.9. The summed E-state index contributed by atoms with van der Waals surface area (Å²) in [6.07, 6.45) is 0.943. The SMILES string of the molecule is CC(C)CC(NC(=O)CCCO)C(=O)O. The quantitative estimate of drug-likeness (QED) is 0.575. The molecule has 0 fully saturated rings. The molecule has 0 bridgehead atoms. The number of nitrogens with one attached hydrogen (secondary N) is 1. The smallest absolute Gasteiger partial charge is 0.326 e. The highest BCUT2D eigenvalue weighted by molar-refractivity contribution is 5.83. The van der Waals surface area contributed by atoms with Crippen LogP contribution in [0.25, 0.3) is 0 Å². The third-order valence-electron chi connectivity index (χ3n) is 1.90. The Morgan fingerprint density at radius 3 is 2.33 bits per heavy atom. The van der Waals surface area contributed by atoms with E-state index in [1.54, 1.807) is 0 Å². The van der Waals surface area contributed by atoms with Gasteiger partial charge in [0.1, 0.15) is 6.04 Å². The van der Waals surface area contributed by atoms with Crippen molar-refractivity contribution in [1.82, 2.24) is 5.32 Å². The first-order valence-corrected chi connectivity index (χ1v) is 5.10. The fourth-order valence-electron chi connectivity index (χ4n) is 1.20. The molecule has 0 rings (SSSR count). The maximum atomic E-state index is 11.2. The minimum Gasteiger partial charge on any atom is -0.480 e. The van der Waals surface area contributed by atoms with E-state index in [0.717, 1.165) is 0 Å². The largest absolute Gasteiger partial charge is 0.480 e. The van der Waals surface area contributed by atoms with Gasteiger partial charge in [0.25, 0.3) is 0 Å². The maximum absolute atomic E-state index is 11.2. The van der Waals surface area contributed by atoms with Crippen molar-refractivity contribution in [1.29, 1.82) is 0 Å². The van der Waals surface area contributed by atoms with Crippen LogP contribution in [0, 0.1) is 5.92 Å². The van der Waals surface area contributed by atoms with Crippen LogP contribution >= 0.6 is 0 Å². The molecule has 0 spiro atoms. The van der Waals surface area contributed by atoms with Gasteiger partial charge >= 0.3 is 5.97 Å². The van der Waals surface area contributed by atoms with Gasteiger partial charge < -0.3 is 15.5 Å². The zero-order valence-corrected chi connectivity index (χ0v) is 9.19. The second-order valence-electron chi connectivity index (χ2n) is 3.92. The predicted molar refractivity (Wildman–Crippen MR) is 55.3 cm³/mol. The van der Waals surface area contributed by atoms with Gasteiger partial charge in [-0.05, 0) is 18.8 Å². The van der Waals surface area contributed by atoms with Crippen molar-refractivity contribution < 1.29 is 19.8 Å². The average molecular weight is 217 g/mol. The zero-order valence-electron chi connectivity index (χ0n) is 9.19. The standard InChI is InChI=1S/C10H19NO4/c1-7(2)6-8(10(14)15)11-9(13)4-3-5-12/h7-8,12H,3-6H2,1-2H3,(H,11,13)(H,14,15). The lowest BCUT2D eigenvalue weighted by atomic mass is 10.0. The van der Waals surface area contributed by atoms with Crippen LogP contribution < -0.4 is 5.32 Å². The van der Waals surface area contributed by atoms with Crippen molar-refractivity contribution in [3.8, 4) is 0 Å². The van der Waals surface area contributed by atoms with Gasteiger partial charge in [-0.3, -0.25) is 4.79 Å². The van der Waals surface area contributed by atoms with E-state index in [1.165, 1.54) is 0 Å². The number of aliphatic hydroxyl groups excluding tert-OH is 1. The number of carbonyl (C=O) groups excluding carboxylic acids is 1. The Morgan fingerprint density at radius 1 is 1.33 bits per heavy atom. The molecule has 0 heterocycles. The summed E-state index contributed by atoms with van der Waals surface area (Å²) < 4.78 is 0. The monoisotopic (exact) mass is 217 g/mol. The number of carboxylic acid groups (broad SMARTS) is 1. The molecule has 5 heteroatoms. The van der Waals surface area contributed by atoms with Crippen LogP contribution in [0.15, 0.2) is 0 Å². The second-order valence-corrected chi connectivity index (χ2v) is 3.92. The predicted octanol–water partition coefficient (Wildman–Crippen LogP) is 0.374. The molecule has 88 valence electrons. The molecule has 3 N–H and O–H groups in total. The Morgan fingerprint density at radius 2 is 1.93 bits per heavy atom. The van der Waals surface area contributed by atoms with Gasteiger partial charge in [0.15, 0.2) is 0 Å². The molecule has 0 aliphatic carbocycles. The molecule has 0 saturated heterocycles. The molecule has 0 aliphatic rings. The van der Waals surface area contributed by atoms with E-state index >= 15 is 0 Å². The highest BCUT2D eigenvalue weighted by Gasteiger charge is 2.20. The number of amides is 1. The molecular weight excluding hydrogens is 198 g/mol. The minimum atomic E-state index is -1.01. The molecular formula is C10H19NO4. The van der Waals surface area contributed by atoms with E-state index < -0.39 is 12.0 Å². The van der Waals surface area contributed by atoms with Crippen molar-refractivity contribution in [2.45, 2.75) is 39.2 Å². The fraction of sp³-hybridized carbons (Fsp3) is 0.800. The summed E-state index contributed by atoms with van der Waals surface area (Å²) in [5.74, 6) is -1.12. The van der Waals surface area contributed by atoms with Crippen molar-refractivity contribution in [3.63, 3.8) is 0 Å². The van der Waals surface area contributed by atoms with Crippen LogP contribution in [0.3, 0.4) is 0 Å². The zero-order chi connectivity index (χ0) is 11.8. The lowest BCUT2D eigenvalue weighted by Crippen LogP contribution is -2.41. The van der Waals surface area contributed by atoms with Gasteiger partial charge in [0, 0.05) is 13.0 Å². The number of aliphatic hydroxyl groups is 1. The summed E-state index contributed by atoms with van der Waals surface area (Å²) >= 11 is 0. The van der Waals surface area contributed by atoms with Crippen molar-refractivity contribution in [2.75, 3.05) is 6.61 Å². The summed E-state index contributed by atoms with van der Waals surface area (Å²) in [4.78, 5) is 22.0. The normalized spacial score (nSPS) is 12.5. The number of hydrogen-bond donors (Lipinski definition) is 3. The Bertz CT molecular complexity index is 215. The summed E-state index contributed by atoms with van der Waals surface area (Å²) in [5.41, 5.74) is 0. The van der Waals surface area contributed by atoms with Crippen LogP contribution in [-0.4, -0.2) is 34.7 Å². The van der Waals surface area contributed by atoms with E-state index in [2.05, 4.69) is 5.32 Å². The highest BCUT2D eigenvalue weighted by Crippen LogP contribution is 2.05. The molecule has 0 radical (unpaired) electrons. The number of aliphatic carboxylic acids is 1. The van der Waals surface area contributed by atoms with Gasteiger partial charge in [-0.2, -0.15) is 0 Å². The molecule has 0 saturated carbocycles. The summed E-state index contributed by atoms with van der Waals surface area (Å²) in [6, 6.07) is -0.823. The Balaban J connectivity index is 4.05.